The molecule has 0 saturated carbocycles. The van der Waals surface area contributed by atoms with Crippen molar-refractivity contribution in [2.45, 2.75) is 53.1 Å². The summed E-state index contributed by atoms with van der Waals surface area (Å²) < 4.78 is 5.17. The molecule has 3 N–H and O–H groups in total. The van der Waals surface area contributed by atoms with Crippen LogP contribution in [-0.2, 0) is 11.3 Å². The molecule has 6 heteroatoms. The normalized spacial score (nSPS) is 13.5. The predicted octanol–water partition coefficient (Wildman–Crippen LogP) is 2.28. The minimum absolute atomic E-state index is 0.105. The van der Waals surface area contributed by atoms with Crippen LogP contribution in [0.25, 0.3) is 0 Å². The van der Waals surface area contributed by atoms with Crippen molar-refractivity contribution in [2.24, 2.45) is 10.4 Å². The van der Waals surface area contributed by atoms with E-state index in [4.69, 9.17) is 4.42 Å². The van der Waals surface area contributed by atoms with Gasteiger partial charge in [0.2, 0.25) is 5.91 Å². The molecule has 1 heterocycles. The highest BCUT2D eigenvalue weighted by Crippen LogP contribution is 2.21. The molecule has 0 aliphatic rings. The van der Waals surface area contributed by atoms with Crippen molar-refractivity contribution in [1.29, 1.82) is 0 Å². The fourth-order valence-corrected chi connectivity index (χ4v) is 1.98. The van der Waals surface area contributed by atoms with Gasteiger partial charge in [-0.1, -0.05) is 20.8 Å². The smallest absolute Gasteiger partial charge is 0.239 e. The average Bonchev–Trinajstić information content (AvgIpc) is 3.00. The Morgan fingerprint density at radius 1 is 1.35 bits per heavy atom. The van der Waals surface area contributed by atoms with E-state index in [1.54, 1.807) is 19.4 Å². The highest BCUT2D eigenvalue weighted by molar-refractivity contribution is 5.86. The third kappa shape index (κ3) is 8.90. The summed E-state index contributed by atoms with van der Waals surface area (Å²) in [6.45, 7) is 9.38. The van der Waals surface area contributed by atoms with Crippen LogP contribution in [0, 0.1) is 5.41 Å². The van der Waals surface area contributed by atoms with Crippen molar-refractivity contribution in [3.8, 4) is 0 Å². The number of carbonyl (C=O) groups is 1. The Kier molecular flexibility index (Phi) is 7.65. The molecule has 0 bridgehead atoms. The quantitative estimate of drug-likeness (QED) is 0.531. The maximum Gasteiger partial charge on any atom is 0.239 e. The third-order valence-corrected chi connectivity index (χ3v) is 3.39. The SMILES string of the molecule is CN=C(NCC(=O)NCc1ccco1)NC(C)CCC(C)(C)C. The van der Waals surface area contributed by atoms with E-state index >= 15 is 0 Å². The van der Waals surface area contributed by atoms with E-state index in [0.29, 0.717) is 24.0 Å². The summed E-state index contributed by atoms with van der Waals surface area (Å²) in [5.41, 5.74) is 0.318. The lowest BCUT2D eigenvalue weighted by molar-refractivity contribution is -0.120. The second-order valence-corrected chi connectivity index (χ2v) is 6.93. The molecular weight excluding hydrogens is 292 g/mol. The van der Waals surface area contributed by atoms with Gasteiger partial charge in [0.1, 0.15) is 5.76 Å². The Morgan fingerprint density at radius 3 is 2.65 bits per heavy atom. The van der Waals surface area contributed by atoms with Gasteiger partial charge in [-0.05, 0) is 37.3 Å². The van der Waals surface area contributed by atoms with Gasteiger partial charge in [0.05, 0.1) is 19.4 Å². The molecule has 1 amide bonds. The van der Waals surface area contributed by atoms with E-state index in [-0.39, 0.29) is 12.5 Å². The van der Waals surface area contributed by atoms with Gasteiger partial charge in [0.15, 0.2) is 5.96 Å². The largest absolute Gasteiger partial charge is 0.467 e. The topological polar surface area (TPSA) is 78.7 Å². The van der Waals surface area contributed by atoms with E-state index in [9.17, 15) is 4.79 Å². The number of hydrogen-bond acceptors (Lipinski definition) is 3. The minimum Gasteiger partial charge on any atom is -0.467 e. The lowest BCUT2D eigenvalue weighted by Crippen LogP contribution is -2.46. The van der Waals surface area contributed by atoms with Gasteiger partial charge in [-0.15, -0.1) is 0 Å². The molecule has 0 aromatic carbocycles. The number of rotatable bonds is 7. The first-order chi connectivity index (χ1) is 10.8. The lowest BCUT2D eigenvalue weighted by atomic mass is 9.89. The summed E-state index contributed by atoms with van der Waals surface area (Å²) in [6, 6.07) is 3.92. The first kappa shape index (κ1) is 19.1. The fourth-order valence-electron chi connectivity index (χ4n) is 1.98. The van der Waals surface area contributed by atoms with Crippen LogP contribution in [0.1, 0.15) is 46.3 Å². The van der Waals surface area contributed by atoms with E-state index in [2.05, 4.69) is 48.6 Å². The number of hydrogen-bond donors (Lipinski definition) is 3. The third-order valence-electron chi connectivity index (χ3n) is 3.39. The molecule has 0 spiro atoms. The molecule has 130 valence electrons. The van der Waals surface area contributed by atoms with Crippen molar-refractivity contribution < 1.29 is 9.21 Å². The molecule has 1 atom stereocenters. The molecule has 6 nitrogen and oxygen atoms in total. The van der Waals surface area contributed by atoms with Crippen molar-refractivity contribution in [3.63, 3.8) is 0 Å². The van der Waals surface area contributed by atoms with Crippen LogP contribution < -0.4 is 16.0 Å². The first-order valence-corrected chi connectivity index (χ1v) is 8.06. The van der Waals surface area contributed by atoms with Crippen molar-refractivity contribution in [2.75, 3.05) is 13.6 Å². The second-order valence-electron chi connectivity index (χ2n) is 6.93. The van der Waals surface area contributed by atoms with Crippen LogP contribution in [0.15, 0.2) is 27.8 Å². The van der Waals surface area contributed by atoms with Crippen molar-refractivity contribution in [1.82, 2.24) is 16.0 Å². The van der Waals surface area contributed by atoms with E-state index in [0.717, 1.165) is 18.6 Å². The van der Waals surface area contributed by atoms with Gasteiger partial charge in [0, 0.05) is 13.1 Å². The zero-order chi connectivity index (χ0) is 17.3. The van der Waals surface area contributed by atoms with Crippen LogP contribution in [-0.4, -0.2) is 31.5 Å². The predicted molar refractivity (Wildman–Crippen MR) is 93.2 cm³/mol. The summed E-state index contributed by atoms with van der Waals surface area (Å²) >= 11 is 0. The summed E-state index contributed by atoms with van der Waals surface area (Å²) in [6.07, 6.45) is 3.77. The van der Waals surface area contributed by atoms with Crippen LogP contribution >= 0.6 is 0 Å². The maximum atomic E-state index is 11.8. The van der Waals surface area contributed by atoms with Gasteiger partial charge in [-0.2, -0.15) is 0 Å². The second kappa shape index (κ2) is 9.22. The Hall–Kier alpha value is -1.98. The van der Waals surface area contributed by atoms with Crippen LogP contribution in [0.4, 0.5) is 0 Å². The van der Waals surface area contributed by atoms with Crippen molar-refractivity contribution >= 4 is 11.9 Å². The monoisotopic (exact) mass is 322 g/mol. The van der Waals surface area contributed by atoms with Gasteiger partial charge >= 0.3 is 0 Å². The Labute approximate surface area is 139 Å². The Bertz CT molecular complexity index is 489. The highest BCUT2D eigenvalue weighted by atomic mass is 16.3. The molecule has 1 aromatic rings. The minimum atomic E-state index is -0.105. The van der Waals surface area contributed by atoms with Gasteiger partial charge in [-0.25, -0.2) is 0 Å². The summed E-state index contributed by atoms with van der Waals surface area (Å²) in [7, 11) is 1.70. The number of nitrogens with one attached hydrogen (secondary N) is 3. The molecule has 0 fully saturated rings. The van der Waals surface area contributed by atoms with E-state index in [1.165, 1.54) is 0 Å². The molecule has 0 aliphatic carbocycles. The number of guanidine groups is 1. The summed E-state index contributed by atoms with van der Waals surface area (Å²) in [5, 5.41) is 9.11. The van der Waals surface area contributed by atoms with Crippen LogP contribution in [0.5, 0.6) is 0 Å². The standard InChI is InChI=1S/C17H30N4O2/c1-13(8-9-17(2,3)4)21-16(18-5)20-12-15(22)19-11-14-7-6-10-23-14/h6-7,10,13H,8-9,11-12H2,1-5H3,(H,19,22)(H2,18,20,21). The van der Waals surface area contributed by atoms with E-state index < -0.39 is 0 Å². The lowest BCUT2D eigenvalue weighted by Gasteiger charge is -2.23. The average molecular weight is 322 g/mol. The van der Waals surface area contributed by atoms with E-state index in [1.807, 2.05) is 6.07 Å². The van der Waals surface area contributed by atoms with Gasteiger partial charge < -0.3 is 20.4 Å². The molecule has 1 aromatic heterocycles. The van der Waals surface area contributed by atoms with Gasteiger partial charge in [0.25, 0.3) is 0 Å². The number of aliphatic imine (C=N–C) groups is 1. The zero-order valence-corrected chi connectivity index (χ0v) is 14.9. The zero-order valence-electron chi connectivity index (χ0n) is 14.9. The molecular formula is C17H30N4O2. The highest BCUT2D eigenvalue weighted by Gasteiger charge is 2.13. The van der Waals surface area contributed by atoms with Crippen molar-refractivity contribution in [3.05, 3.63) is 24.2 Å². The number of carbonyl (C=O) groups excluding carboxylic acids is 1. The molecule has 0 saturated heterocycles. The molecule has 23 heavy (non-hydrogen) atoms. The fraction of sp³-hybridized carbons (Fsp3) is 0.647. The first-order valence-electron chi connectivity index (χ1n) is 8.06. The number of amides is 1. The Balaban J connectivity index is 2.26. The molecule has 1 rings (SSSR count). The summed E-state index contributed by atoms with van der Waals surface area (Å²) in [4.78, 5) is 16.0. The van der Waals surface area contributed by atoms with Crippen LogP contribution in [0.2, 0.25) is 0 Å². The Morgan fingerprint density at radius 2 is 2.09 bits per heavy atom. The van der Waals surface area contributed by atoms with Gasteiger partial charge in [-0.3, -0.25) is 9.79 Å². The molecule has 0 aliphatic heterocycles. The molecule has 1 unspecified atom stereocenters. The van der Waals surface area contributed by atoms with Crippen LogP contribution in [0.3, 0.4) is 0 Å². The number of nitrogens with zero attached hydrogens (tertiary/aromatic N) is 1. The summed E-state index contributed by atoms with van der Waals surface area (Å²) in [5.74, 6) is 1.27. The number of furan rings is 1. The maximum absolute atomic E-state index is 11.8. The molecule has 0 radical (unpaired) electrons.